The maximum atomic E-state index is 13.0. The summed E-state index contributed by atoms with van der Waals surface area (Å²) in [6.07, 6.45) is 2.44. The molecule has 0 radical (unpaired) electrons. The van der Waals surface area contributed by atoms with Crippen LogP contribution in [0.25, 0.3) is 11.2 Å². The van der Waals surface area contributed by atoms with Crippen molar-refractivity contribution in [2.24, 2.45) is 14.1 Å². The molecule has 0 saturated carbocycles. The van der Waals surface area contributed by atoms with E-state index in [4.69, 9.17) is 9.15 Å². The van der Waals surface area contributed by atoms with Crippen molar-refractivity contribution in [1.82, 2.24) is 23.7 Å². The summed E-state index contributed by atoms with van der Waals surface area (Å²) in [4.78, 5) is 34.4. The predicted molar refractivity (Wildman–Crippen MR) is 118 cm³/mol. The number of aromatic nitrogens is 5. The van der Waals surface area contributed by atoms with E-state index < -0.39 is 5.69 Å². The van der Waals surface area contributed by atoms with Crippen LogP contribution in [0.2, 0.25) is 0 Å². The molecule has 1 aromatic carbocycles. The summed E-state index contributed by atoms with van der Waals surface area (Å²) in [6, 6.07) is 7.61. The van der Waals surface area contributed by atoms with Crippen molar-refractivity contribution in [3.63, 3.8) is 0 Å². The van der Waals surface area contributed by atoms with Gasteiger partial charge in [0.1, 0.15) is 12.0 Å². The van der Waals surface area contributed by atoms with Gasteiger partial charge in [-0.3, -0.25) is 13.9 Å². The zero-order valence-electron chi connectivity index (χ0n) is 17.8. The maximum absolute atomic E-state index is 13.0. The van der Waals surface area contributed by atoms with Gasteiger partial charge in [0.25, 0.3) is 5.56 Å². The third-order valence-corrected chi connectivity index (χ3v) is 6.06. The average Bonchev–Trinajstić information content (AvgIpc) is 3.40. The molecule has 9 nitrogen and oxygen atoms in total. The lowest BCUT2D eigenvalue weighted by atomic mass is 10.2. The summed E-state index contributed by atoms with van der Waals surface area (Å²) >= 11 is 1.41. The zero-order chi connectivity index (χ0) is 22.1. The van der Waals surface area contributed by atoms with Crippen molar-refractivity contribution in [3.8, 4) is 5.75 Å². The van der Waals surface area contributed by atoms with Crippen LogP contribution in [0.15, 0.2) is 49.7 Å². The van der Waals surface area contributed by atoms with Crippen LogP contribution in [0.3, 0.4) is 0 Å². The Morgan fingerprint density at radius 3 is 2.48 bits per heavy atom. The fourth-order valence-electron chi connectivity index (χ4n) is 3.30. The fraction of sp³-hybridized carbons (Fsp3) is 0.333. The number of rotatable bonds is 7. The Labute approximate surface area is 182 Å². The van der Waals surface area contributed by atoms with Crippen molar-refractivity contribution < 1.29 is 9.15 Å². The van der Waals surface area contributed by atoms with Gasteiger partial charge < -0.3 is 13.7 Å². The Balaban J connectivity index is 1.79. The van der Waals surface area contributed by atoms with Crippen LogP contribution in [0.5, 0.6) is 5.75 Å². The second kappa shape index (κ2) is 8.46. The van der Waals surface area contributed by atoms with Crippen molar-refractivity contribution in [2.45, 2.75) is 30.8 Å². The number of benzene rings is 1. The Kier molecular flexibility index (Phi) is 5.73. The lowest BCUT2D eigenvalue weighted by Crippen LogP contribution is -2.37. The molecule has 31 heavy (non-hydrogen) atoms. The number of methoxy groups -OCH3 is 1. The lowest BCUT2D eigenvalue weighted by molar-refractivity contribution is 0.414. The summed E-state index contributed by atoms with van der Waals surface area (Å²) < 4.78 is 15.1. The number of aryl methyl sites for hydroxylation is 2. The lowest BCUT2D eigenvalue weighted by Gasteiger charge is -2.10. The van der Waals surface area contributed by atoms with E-state index in [2.05, 4.69) is 9.97 Å². The molecule has 0 aliphatic carbocycles. The van der Waals surface area contributed by atoms with E-state index in [0.29, 0.717) is 34.5 Å². The molecule has 0 fully saturated rings. The molecule has 0 unspecified atom stereocenters. The van der Waals surface area contributed by atoms with Crippen molar-refractivity contribution in [1.29, 1.82) is 0 Å². The summed E-state index contributed by atoms with van der Waals surface area (Å²) in [5.41, 5.74) is 1.80. The average molecular weight is 442 g/mol. The third kappa shape index (κ3) is 3.90. The van der Waals surface area contributed by atoms with Gasteiger partial charge in [-0.15, -0.1) is 0 Å². The molecule has 0 aliphatic rings. The van der Waals surface area contributed by atoms with Crippen LogP contribution >= 0.6 is 11.8 Å². The van der Waals surface area contributed by atoms with E-state index in [9.17, 15) is 9.59 Å². The van der Waals surface area contributed by atoms with E-state index in [1.807, 2.05) is 35.8 Å². The molecular formula is C21H23N5O4S. The van der Waals surface area contributed by atoms with Gasteiger partial charge in [-0.05, 0) is 24.1 Å². The molecule has 0 bridgehead atoms. The van der Waals surface area contributed by atoms with Crippen LogP contribution in [0.4, 0.5) is 0 Å². The molecule has 0 saturated heterocycles. The Bertz CT molecular complexity index is 1350. The summed E-state index contributed by atoms with van der Waals surface area (Å²) in [5, 5.41) is 0.611. The van der Waals surface area contributed by atoms with E-state index in [-0.39, 0.29) is 5.56 Å². The molecular weight excluding hydrogens is 418 g/mol. The first-order valence-electron chi connectivity index (χ1n) is 9.78. The second-order valence-corrected chi connectivity index (χ2v) is 8.02. The van der Waals surface area contributed by atoms with Gasteiger partial charge in [0, 0.05) is 14.1 Å². The highest BCUT2D eigenvalue weighted by Gasteiger charge is 2.20. The van der Waals surface area contributed by atoms with Gasteiger partial charge in [0.05, 0.1) is 25.1 Å². The first-order valence-corrected chi connectivity index (χ1v) is 10.8. The van der Waals surface area contributed by atoms with E-state index in [1.165, 1.54) is 23.4 Å². The number of ether oxygens (including phenoxy) is 1. The Hall–Kier alpha value is -3.27. The SMILES string of the molecule is CCc1coc(CSc2nc3c(c(=O)n(C)c(=O)n3C)n2Cc2ccc(OC)cc2)n1. The van der Waals surface area contributed by atoms with Crippen LogP contribution in [0.1, 0.15) is 24.1 Å². The van der Waals surface area contributed by atoms with E-state index in [0.717, 1.165) is 28.0 Å². The molecule has 0 amide bonds. The number of fused-ring (bicyclic) bond motifs is 1. The minimum atomic E-state index is -0.413. The number of imidazole rings is 1. The first-order chi connectivity index (χ1) is 14.9. The van der Waals surface area contributed by atoms with Crippen molar-refractivity contribution in [2.75, 3.05) is 7.11 Å². The number of hydrogen-bond donors (Lipinski definition) is 0. The molecule has 0 atom stereocenters. The maximum Gasteiger partial charge on any atom is 0.332 e. The Morgan fingerprint density at radius 1 is 1.10 bits per heavy atom. The monoisotopic (exact) mass is 441 g/mol. The third-order valence-electron chi connectivity index (χ3n) is 5.10. The van der Waals surface area contributed by atoms with Gasteiger partial charge >= 0.3 is 5.69 Å². The smallest absolute Gasteiger partial charge is 0.332 e. The van der Waals surface area contributed by atoms with Gasteiger partial charge in [0.15, 0.2) is 16.3 Å². The minimum Gasteiger partial charge on any atom is -0.497 e. The second-order valence-electron chi connectivity index (χ2n) is 7.08. The minimum absolute atomic E-state index is 0.353. The van der Waals surface area contributed by atoms with Crippen molar-refractivity contribution >= 4 is 22.9 Å². The van der Waals surface area contributed by atoms with E-state index in [1.54, 1.807) is 20.4 Å². The molecule has 0 aliphatic heterocycles. The van der Waals surface area contributed by atoms with Gasteiger partial charge in [-0.25, -0.2) is 14.8 Å². The number of nitrogens with zero attached hydrogens (tertiary/aromatic N) is 5. The zero-order valence-corrected chi connectivity index (χ0v) is 18.6. The summed E-state index contributed by atoms with van der Waals surface area (Å²) in [5.74, 6) is 1.80. The van der Waals surface area contributed by atoms with Crippen LogP contribution < -0.4 is 16.0 Å². The normalized spacial score (nSPS) is 11.4. The molecule has 4 rings (SSSR count). The summed E-state index contributed by atoms with van der Waals surface area (Å²) in [6.45, 7) is 2.43. The van der Waals surface area contributed by atoms with Crippen molar-refractivity contribution in [3.05, 3.63) is 68.5 Å². The molecule has 0 N–H and O–H groups in total. The highest BCUT2D eigenvalue weighted by atomic mass is 32.2. The van der Waals surface area contributed by atoms with Gasteiger partial charge in [-0.1, -0.05) is 30.8 Å². The molecule has 0 spiro atoms. The summed E-state index contributed by atoms with van der Waals surface area (Å²) in [7, 11) is 4.70. The van der Waals surface area contributed by atoms with Crippen LogP contribution in [0, 0.1) is 0 Å². The molecule has 3 heterocycles. The molecule has 10 heteroatoms. The fourth-order valence-corrected chi connectivity index (χ4v) is 4.15. The molecule has 3 aromatic heterocycles. The number of thioether (sulfide) groups is 1. The Morgan fingerprint density at radius 2 is 1.84 bits per heavy atom. The highest BCUT2D eigenvalue weighted by molar-refractivity contribution is 7.98. The van der Waals surface area contributed by atoms with Gasteiger partial charge in [-0.2, -0.15) is 0 Å². The molecule has 162 valence electrons. The van der Waals surface area contributed by atoms with E-state index >= 15 is 0 Å². The highest BCUT2D eigenvalue weighted by Crippen LogP contribution is 2.26. The number of hydrogen-bond acceptors (Lipinski definition) is 7. The predicted octanol–water partition coefficient (Wildman–Crippen LogP) is 2.33. The quantitative estimate of drug-likeness (QED) is 0.406. The standard InChI is InChI=1S/C21H23N5O4S/c1-5-14-11-30-16(22-14)12-31-20-23-18-17(19(27)25(3)21(28)24(18)2)26(20)10-13-6-8-15(29-4)9-7-13/h6-9,11H,5,10,12H2,1-4H3. The van der Waals surface area contributed by atoms with Crippen LogP contribution in [-0.4, -0.2) is 30.8 Å². The largest absolute Gasteiger partial charge is 0.497 e. The number of oxazole rings is 1. The topological polar surface area (TPSA) is 97.1 Å². The first kappa shape index (κ1) is 21.0. The molecule has 4 aromatic rings. The van der Waals surface area contributed by atoms with Gasteiger partial charge in [0.2, 0.25) is 5.89 Å². The van der Waals surface area contributed by atoms with Crippen LogP contribution in [-0.2, 0) is 32.8 Å².